The SMILES string of the molecule is COc1ccc([C@H]2NC(=S)N(N)C(C)=C2C(C)=O)cc1. The summed E-state index contributed by atoms with van der Waals surface area (Å²) in [5.41, 5.74) is 2.22. The lowest BCUT2D eigenvalue weighted by molar-refractivity contribution is -0.114. The lowest BCUT2D eigenvalue weighted by Crippen LogP contribution is -2.50. The number of benzene rings is 1. The molecule has 1 aromatic carbocycles. The van der Waals surface area contributed by atoms with Crippen molar-refractivity contribution in [2.75, 3.05) is 7.11 Å². The number of rotatable bonds is 3. The molecule has 0 bridgehead atoms. The van der Waals surface area contributed by atoms with Crippen molar-refractivity contribution in [1.82, 2.24) is 10.3 Å². The Morgan fingerprint density at radius 3 is 2.50 bits per heavy atom. The van der Waals surface area contributed by atoms with E-state index in [0.29, 0.717) is 16.4 Å². The first kappa shape index (κ1) is 14.5. The molecule has 1 aliphatic heterocycles. The third kappa shape index (κ3) is 2.52. The van der Waals surface area contributed by atoms with Crippen molar-refractivity contribution in [2.45, 2.75) is 19.9 Å². The number of nitrogens with one attached hydrogen (secondary N) is 1. The van der Waals surface area contributed by atoms with Gasteiger partial charge in [0.05, 0.1) is 13.2 Å². The third-order valence-corrected chi connectivity index (χ3v) is 3.67. The Balaban J connectivity index is 2.47. The first-order valence-corrected chi connectivity index (χ1v) is 6.57. The van der Waals surface area contributed by atoms with E-state index in [1.165, 1.54) is 11.9 Å². The Labute approximate surface area is 123 Å². The highest BCUT2D eigenvalue weighted by Crippen LogP contribution is 2.30. The number of allylic oxidation sites excluding steroid dienone is 1. The van der Waals surface area contributed by atoms with Crippen molar-refractivity contribution in [1.29, 1.82) is 0 Å². The molecule has 1 atom stereocenters. The summed E-state index contributed by atoms with van der Waals surface area (Å²) in [5, 5.41) is 4.82. The van der Waals surface area contributed by atoms with Gasteiger partial charge < -0.3 is 10.1 Å². The van der Waals surface area contributed by atoms with Gasteiger partial charge in [-0.05, 0) is 43.8 Å². The molecular formula is C14H17N3O2S. The van der Waals surface area contributed by atoms with E-state index in [1.54, 1.807) is 14.0 Å². The number of ether oxygens (including phenoxy) is 1. The van der Waals surface area contributed by atoms with Gasteiger partial charge in [0.25, 0.3) is 0 Å². The second-order valence-corrected chi connectivity index (χ2v) is 4.97. The average molecular weight is 291 g/mol. The summed E-state index contributed by atoms with van der Waals surface area (Å²) in [7, 11) is 1.61. The van der Waals surface area contributed by atoms with Crippen LogP contribution in [0.5, 0.6) is 5.75 Å². The zero-order valence-corrected chi connectivity index (χ0v) is 12.5. The minimum atomic E-state index is -0.286. The van der Waals surface area contributed by atoms with Crippen molar-refractivity contribution in [3.8, 4) is 5.75 Å². The second kappa shape index (κ2) is 5.60. The number of nitrogens with zero attached hydrogens (tertiary/aromatic N) is 1. The van der Waals surface area contributed by atoms with E-state index in [9.17, 15) is 4.79 Å². The number of ketones is 1. The number of hydrogen-bond donors (Lipinski definition) is 2. The van der Waals surface area contributed by atoms with Gasteiger partial charge in [-0.25, -0.2) is 5.84 Å². The number of hydrazine groups is 1. The molecule has 2 rings (SSSR count). The van der Waals surface area contributed by atoms with E-state index in [4.69, 9.17) is 22.8 Å². The minimum Gasteiger partial charge on any atom is -0.497 e. The molecule has 106 valence electrons. The van der Waals surface area contributed by atoms with Gasteiger partial charge in [-0.2, -0.15) is 0 Å². The maximum Gasteiger partial charge on any atom is 0.188 e. The number of Topliss-reactive ketones (excluding diaryl/α,β-unsaturated/α-hetero) is 1. The Morgan fingerprint density at radius 2 is 2.00 bits per heavy atom. The van der Waals surface area contributed by atoms with Gasteiger partial charge in [-0.3, -0.25) is 9.80 Å². The molecular weight excluding hydrogens is 274 g/mol. The van der Waals surface area contributed by atoms with Gasteiger partial charge in [0, 0.05) is 11.3 Å². The molecule has 0 aliphatic carbocycles. The summed E-state index contributed by atoms with van der Waals surface area (Å²) in [6, 6.07) is 7.22. The molecule has 0 radical (unpaired) electrons. The highest BCUT2D eigenvalue weighted by atomic mass is 32.1. The average Bonchev–Trinajstić information content (AvgIpc) is 2.44. The summed E-state index contributed by atoms with van der Waals surface area (Å²) >= 11 is 5.19. The van der Waals surface area contributed by atoms with Crippen molar-refractivity contribution < 1.29 is 9.53 Å². The highest BCUT2D eigenvalue weighted by Gasteiger charge is 2.30. The van der Waals surface area contributed by atoms with E-state index in [0.717, 1.165) is 11.3 Å². The molecule has 1 aromatic rings. The fraction of sp³-hybridized carbons (Fsp3) is 0.286. The molecule has 1 heterocycles. The Bertz CT molecular complexity index is 581. The Hall–Kier alpha value is -1.92. The standard InChI is InChI=1S/C14H17N3O2S/c1-8-12(9(2)18)13(16-14(20)17(8)15)10-4-6-11(19-3)7-5-10/h4-7,13H,15H2,1-3H3,(H,16,20)/t13-/m1/s1. The van der Waals surface area contributed by atoms with Crippen LogP contribution in [0.4, 0.5) is 0 Å². The second-order valence-electron chi connectivity index (χ2n) is 4.58. The van der Waals surface area contributed by atoms with Gasteiger partial charge in [0.2, 0.25) is 0 Å². The summed E-state index contributed by atoms with van der Waals surface area (Å²) in [6.45, 7) is 3.32. The first-order chi connectivity index (χ1) is 9.45. The molecule has 0 amide bonds. The van der Waals surface area contributed by atoms with E-state index in [1.807, 2.05) is 24.3 Å². The predicted molar refractivity (Wildman–Crippen MR) is 80.9 cm³/mol. The van der Waals surface area contributed by atoms with Crippen LogP contribution in [-0.2, 0) is 4.79 Å². The Morgan fingerprint density at radius 1 is 1.40 bits per heavy atom. The number of hydrogen-bond acceptors (Lipinski definition) is 4. The van der Waals surface area contributed by atoms with Gasteiger partial charge in [0.1, 0.15) is 5.75 Å². The van der Waals surface area contributed by atoms with Crippen LogP contribution >= 0.6 is 12.2 Å². The lowest BCUT2D eigenvalue weighted by Gasteiger charge is -2.34. The molecule has 6 heteroatoms. The largest absolute Gasteiger partial charge is 0.497 e. The van der Waals surface area contributed by atoms with E-state index < -0.39 is 0 Å². The van der Waals surface area contributed by atoms with Gasteiger partial charge >= 0.3 is 0 Å². The van der Waals surface area contributed by atoms with Crippen LogP contribution in [-0.4, -0.2) is 23.0 Å². The number of carbonyl (C=O) groups is 1. The lowest BCUT2D eigenvalue weighted by atomic mass is 9.93. The highest BCUT2D eigenvalue weighted by molar-refractivity contribution is 7.80. The molecule has 0 saturated carbocycles. The molecule has 1 aliphatic rings. The monoisotopic (exact) mass is 291 g/mol. The third-order valence-electron chi connectivity index (χ3n) is 3.35. The van der Waals surface area contributed by atoms with Crippen LogP contribution in [0.1, 0.15) is 25.5 Å². The molecule has 0 saturated heterocycles. The summed E-state index contributed by atoms with van der Waals surface area (Å²) in [6.07, 6.45) is 0. The van der Waals surface area contributed by atoms with Crippen LogP contribution in [0, 0.1) is 0 Å². The summed E-state index contributed by atoms with van der Waals surface area (Å²) in [4.78, 5) is 11.9. The molecule has 0 fully saturated rings. The molecule has 0 spiro atoms. The maximum atomic E-state index is 11.9. The fourth-order valence-corrected chi connectivity index (χ4v) is 2.52. The van der Waals surface area contributed by atoms with Gasteiger partial charge in [0.15, 0.2) is 10.9 Å². The van der Waals surface area contributed by atoms with Crippen LogP contribution in [0.3, 0.4) is 0 Å². The zero-order chi connectivity index (χ0) is 14.9. The van der Waals surface area contributed by atoms with Gasteiger partial charge in [-0.1, -0.05) is 12.1 Å². The van der Waals surface area contributed by atoms with E-state index in [2.05, 4.69) is 5.32 Å². The maximum absolute atomic E-state index is 11.9. The van der Waals surface area contributed by atoms with Crippen LogP contribution in [0.15, 0.2) is 35.5 Å². The number of methoxy groups -OCH3 is 1. The number of nitrogens with two attached hydrogens (primary N) is 1. The normalized spacial score (nSPS) is 18.9. The molecule has 3 N–H and O–H groups in total. The van der Waals surface area contributed by atoms with E-state index in [-0.39, 0.29) is 11.8 Å². The fourth-order valence-electron chi connectivity index (χ4n) is 2.26. The van der Waals surface area contributed by atoms with Crippen molar-refractivity contribution >= 4 is 23.1 Å². The van der Waals surface area contributed by atoms with E-state index >= 15 is 0 Å². The summed E-state index contributed by atoms with van der Waals surface area (Å²) < 4.78 is 5.14. The van der Waals surface area contributed by atoms with Crippen molar-refractivity contribution in [3.63, 3.8) is 0 Å². The quantitative estimate of drug-likeness (QED) is 0.652. The van der Waals surface area contributed by atoms with Crippen molar-refractivity contribution in [2.24, 2.45) is 5.84 Å². The zero-order valence-electron chi connectivity index (χ0n) is 11.6. The molecule has 20 heavy (non-hydrogen) atoms. The van der Waals surface area contributed by atoms with Crippen LogP contribution < -0.4 is 15.9 Å². The van der Waals surface area contributed by atoms with Gasteiger partial charge in [-0.15, -0.1) is 0 Å². The topological polar surface area (TPSA) is 67.6 Å². The molecule has 5 nitrogen and oxygen atoms in total. The number of thiocarbonyl (C=S) groups is 1. The smallest absolute Gasteiger partial charge is 0.188 e. The van der Waals surface area contributed by atoms with Crippen LogP contribution in [0.25, 0.3) is 0 Å². The van der Waals surface area contributed by atoms with Crippen molar-refractivity contribution in [3.05, 3.63) is 41.1 Å². The summed E-state index contributed by atoms with van der Waals surface area (Å²) in [5.74, 6) is 6.56. The number of carbonyl (C=O) groups excluding carboxylic acids is 1. The molecule has 0 aromatic heterocycles. The first-order valence-electron chi connectivity index (χ1n) is 6.16. The molecule has 0 unspecified atom stereocenters. The van der Waals surface area contributed by atoms with Crippen LogP contribution in [0.2, 0.25) is 0 Å². The Kier molecular flexibility index (Phi) is 4.06. The minimum absolute atomic E-state index is 0.0335. The predicted octanol–water partition coefficient (Wildman–Crippen LogP) is 1.66.